The van der Waals surface area contributed by atoms with E-state index in [2.05, 4.69) is 31.1 Å². The zero-order valence-electron chi connectivity index (χ0n) is 12.3. The fraction of sp³-hybridized carbons (Fsp3) is 0.733. The molecule has 0 atom stereocenters. The third-order valence-electron chi connectivity index (χ3n) is 4.17. The van der Waals surface area contributed by atoms with Gasteiger partial charge in [0.25, 0.3) is 0 Å². The predicted octanol–water partition coefficient (Wildman–Crippen LogP) is 4.24. The lowest BCUT2D eigenvalue weighted by Gasteiger charge is -2.36. The van der Waals surface area contributed by atoms with E-state index in [9.17, 15) is 4.79 Å². The maximum atomic E-state index is 12.2. The number of carbonyl (C=O) groups is 1. The monoisotopic (exact) mass is 280 g/mol. The van der Waals surface area contributed by atoms with Crippen LogP contribution >= 0.6 is 11.3 Å². The summed E-state index contributed by atoms with van der Waals surface area (Å²) < 4.78 is 0. The van der Waals surface area contributed by atoms with Gasteiger partial charge in [-0.3, -0.25) is 4.79 Å². The number of nitrogens with zero attached hydrogens (tertiary/aromatic N) is 1. The highest BCUT2D eigenvalue weighted by Gasteiger charge is 2.32. The minimum atomic E-state index is 0.154. The molecule has 106 valence electrons. The molecule has 1 aliphatic carbocycles. The molecule has 0 radical (unpaired) electrons. The van der Waals surface area contributed by atoms with Crippen molar-refractivity contribution >= 4 is 22.4 Å². The number of nitrogens with one attached hydrogen (secondary N) is 1. The van der Waals surface area contributed by atoms with Crippen LogP contribution in [-0.2, 0) is 4.79 Å². The lowest BCUT2D eigenvalue weighted by Crippen LogP contribution is -2.31. The molecule has 19 heavy (non-hydrogen) atoms. The quantitative estimate of drug-likeness (QED) is 0.880. The summed E-state index contributed by atoms with van der Waals surface area (Å²) in [6.07, 6.45) is 4.35. The molecule has 0 saturated heterocycles. The zero-order chi connectivity index (χ0) is 14.0. The molecule has 1 saturated carbocycles. The highest BCUT2D eigenvalue weighted by atomic mass is 32.1. The molecule has 0 aromatic carbocycles. The van der Waals surface area contributed by atoms with Gasteiger partial charge in [-0.15, -0.1) is 11.3 Å². The van der Waals surface area contributed by atoms with Gasteiger partial charge in [-0.2, -0.15) is 0 Å². The molecule has 1 aliphatic rings. The first-order valence-corrected chi connectivity index (χ1v) is 7.97. The van der Waals surface area contributed by atoms with Crippen molar-refractivity contribution in [1.82, 2.24) is 4.98 Å². The predicted molar refractivity (Wildman–Crippen MR) is 80.4 cm³/mol. The summed E-state index contributed by atoms with van der Waals surface area (Å²) in [5, 5.41) is 5.66. The Balaban J connectivity index is 1.86. The second-order valence-electron chi connectivity index (χ2n) is 6.70. The first-order chi connectivity index (χ1) is 8.86. The minimum absolute atomic E-state index is 0.154. The highest BCUT2D eigenvalue weighted by molar-refractivity contribution is 7.13. The molecule has 0 bridgehead atoms. The van der Waals surface area contributed by atoms with Crippen LogP contribution in [0.4, 0.5) is 5.13 Å². The van der Waals surface area contributed by atoms with E-state index in [0.717, 1.165) is 29.6 Å². The van der Waals surface area contributed by atoms with E-state index >= 15 is 0 Å². The molecule has 0 spiro atoms. The number of hydrogen-bond donors (Lipinski definition) is 1. The zero-order valence-corrected chi connectivity index (χ0v) is 13.1. The number of anilines is 1. The minimum Gasteiger partial charge on any atom is -0.302 e. The Morgan fingerprint density at radius 1 is 1.32 bits per heavy atom. The Labute approximate surface area is 119 Å². The molecule has 1 aromatic rings. The Morgan fingerprint density at radius 2 is 1.95 bits per heavy atom. The van der Waals surface area contributed by atoms with Gasteiger partial charge in [0, 0.05) is 11.3 Å². The first kappa shape index (κ1) is 14.5. The highest BCUT2D eigenvalue weighted by Crippen LogP contribution is 2.40. The smallest absolute Gasteiger partial charge is 0.229 e. The summed E-state index contributed by atoms with van der Waals surface area (Å²) in [5.41, 5.74) is 1.34. The molecule has 1 N–H and O–H groups in total. The van der Waals surface area contributed by atoms with E-state index in [1.165, 1.54) is 24.2 Å². The van der Waals surface area contributed by atoms with Gasteiger partial charge in [0.15, 0.2) is 5.13 Å². The van der Waals surface area contributed by atoms with Crippen molar-refractivity contribution in [2.75, 3.05) is 5.32 Å². The number of hydrogen-bond acceptors (Lipinski definition) is 3. The molecule has 1 amide bonds. The molecule has 0 unspecified atom stereocenters. The maximum Gasteiger partial charge on any atom is 0.229 e. The van der Waals surface area contributed by atoms with Crippen molar-refractivity contribution in [2.45, 2.75) is 53.4 Å². The van der Waals surface area contributed by atoms with Crippen LogP contribution in [0, 0.1) is 24.2 Å². The van der Waals surface area contributed by atoms with Gasteiger partial charge in [0.2, 0.25) is 5.91 Å². The van der Waals surface area contributed by atoms with Crippen LogP contribution < -0.4 is 5.32 Å². The summed E-state index contributed by atoms with van der Waals surface area (Å²) in [6, 6.07) is 0. The number of carbonyl (C=O) groups excluding carboxylic acids is 1. The molecule has 4 heteroatoms. The van der Waals surface area contributed by atoms with Crippen molar-refractivity contribution in [3.8, 4) is 0 Å². The number of thiazole rings is 1. The van der Waals surface area contributed by atoms with Gasteiger partial charge in [-0.25, -0.2) is 4.98 Å². The summed E-state index contributed by atoms with van der Waals surface area (Å²) in [5.74, 6) is 1.07. The van der Waals surface area contributed by atoms with Gasteiger partial charge in [-0.05, 0) is 43.9 Å². The fourth-order valence-electron chi connectivity index (χ4n) is 2.84. The van der Waals surface area contributed by atoms with Crippen molar-refractivity contribution < 1.29 is 4.79 Å². The van der Waals surface area contributed by atoms with Crippen molar-refractivity contribution in [1.29, 1.82) is 0 Å². The van der Waals surface area contributed by atoms with Crippen LogP contribution in [0.15, 0.2) is 5.38 Å². The van der Waals surface area contributed by atoms with E-state index in [1.807, 2.05) is 12.3 Å². The number of aromatic nitrogens is 1. The Hall–Kier alpha value is -0.900. The molecule has 1 aromatic heterocycles. The molecule has 1 heterocycles. The van der Waals surface area contributed by atoms with E-state index in [1.54, 1.807) is 0 Å². The summed E-state index contributed by atoms with van der Waals surface area (Å²) in [4.78, 5) is 16.5. The number of aryl methyl sites for hydroxylation is 1. The van der Waals surface area contributed by atoms with E-state index < -0.39 is 0 Å². The van der Waals surface area contributed by atoms with Crippen molar-refractivity contribution in [2.24, 2.45) is 17.3 Å². The molecular weight excluding hydrogens is 256 g/mol. The van der Waals surface area contributed by atoms with Crippen LogP contribution in [0.25, 0.3) is 0 Å². The molecule has 2 rings (SSSR count). The van der Waals surface area contributed by atoms with Crippen LogP contribution in [0.3, 0.4) is 0 Å². The molecule has 0 aliphatic heterocycles. The largest absolute Gasteiger partial charge is 0.302 e. The number of amides is 1. The van der Waals surface area contributed by atoms with Crippen LogP contribution in [-0.4, -0.2) is 10.9 Å². The van der Waals surface area contributed by atoms with E-state index in [4.69, 9.17) is 0 Å². The lowest BCUT2D eigenvalue weighted by atomic mass is 9.70. The maximum absolute atomic E-state index is 12.2. The molecule has 1 fully saturated rings. The third kappa shape index (κ3) is 3.78. The summed E-state index contributed by atoms with van der Waals surface area (Å²) in [7, 11) is 0. The summed E-state index contributed by atoms with van der Waals surface area (Å²) in [6.45, 7) is 8.85. The van der Waals surface area contributed by atoms with Gasteiger partial charge in [0.05, 0.1) is 5.69 Å². The lowest BCUT2D eigenvalue weighted by molar-refractivity contribution is -0.121. The van der Waals surface area contributed by atoms with Crippen LogP contribution in [0.1, 0.15) is 52.1 Å². The average Bonchev–Trinajstić information content (AvgIpc) is 2.74. The second kappa shape index (κ2) is 5.61. The Morgan fingerprint density at radius 3 is 2.42 bits per heavy atom. The van der Waals surface area contributed by atoms with Crippen LogP contribution in [0.5, 0.6) is 0 Å². The molecule has 3 nitrogen and oxygen atoms in total. The third-order valence-corrected chi connectivity index (χ3v) is 5.05. The van der Waals surface area contributed by atoms with Gasteiger partial charge in [0.1, 0.15) is 0 Å². The van der Waals surface area contributed by atoms with E-state index in [0.29, 0.717) is 5.41 Å². The van der Waals surface area contributed by atoms with Gasteiger partial charge < -0.3 is 5.32 Å². The van der Waals surface area contributed by atoms with Gasteiger partial charge >= 0.3 is 0 Å². The standard InChI is InChI=1S/C15H24N2OS/c1-10-9-19-14(16-10)17-13(18)11-5-7-12(8-6-11)15(2,3)4/h9,11-12H,5-8H2,1-4H3,(H,16,17,18). The Kier molecular flexibility index (Phi) is 4.29. The van der Waals surface area contributed by atoms with Crippen molar-refractivity contribution in [3.63, 3.8) is 0 Å². The summed E-state index contributed by atoms with van der Waals surface area (Å²) >= 11 is 1.50. The van der Waals surface area contributed by atoms with Crippen molar-refractivity contribution in [3.05, 3.63) is 11.1 Å². The second-order valence-corrected chi connectivity index (χ2v) is 7.56. The van der Waals surface area contributed by atoms with E-state index in [-0.39, 0.29) is 11.8 Å². The van der Waals surface area contributed by atoms with Gasteiger partial charge in [-0.1, -0.05) is 20.8 Å². The SMILES string of the molecule is Cc1csc(NC(=O)C2CCC(C(C)(C)C)CC2)n1. The average molecular weight is 280 g/mol. The fourth-order valence-corrected chi connectivity index (χ4v) is 3.53. The Bertz CT molecular complexity index is 439. The van der Waals surface area contributed by atoms with Crippen LogP contribution in [0.2, 0.25) is 0 Å². The number of rotatable bonds is 2. The normalized spacial score (nSPS) is 24.2. The molecular formula is C15H24N2OS. The topological polar surface area (TPSA) is 42.0 Å². The first-order valence-electron chi connectivity index (χ1n) is 7.09.